The Morgan fingerprint density at radius 2 is 1.92 bits per heavy atom. The Morgan fingerprint density at radius 1 is 1.42 bits per heavy atom. The van der Waals surface area contributed by atoms with E-state index >= 15 is 0 Å². The van der Waals surface area contributed by atoms with Crippen molar-refractivity contribution in [3.05, 3.63) is 15.8 Å². The molecule has 1 aromatic rings. The van der Waals surface area contributed by atoms with Crippen LogP contribution in [0.5, 0.6) is 0 Å². The summed E-state index contributed by atoms with van der Waals surface area (Å²) in [4.78, 5) is 11.4. The molecular weight excluding hydrogens is 178 g/mol. The van der Waals surface area contributed by atoms with Gasteiger partial charge in [-0.3, -0.25) is 4.57 Å². The summed E-state index contributed by atoms with van der Waals surface area (Å²) < 4.78 is 2.68. The molecule has 0 spiro atoms. The SMILES string of the molecule is Cn1nc(Cl)n(C(C)(C)C)c1=O. The number of aryl methyl sites for hydroxylation is 1. The molecule has 0 aliphatic carbocycles. The zero-order valence-corrected chi connectivity index (χ0v) is 8.38. The lowest BCUT2D eigenvalue weighted by Gasteiger charge is -2.19. The fourth-order valence-electron chi connectivity index (χ4n) is 0.999. The van der Waals surface area contributed by atoms with Crippen LogP contribution >= 0.6 is 11.6 Å². The molecule has 0 saturated carbocycles. The van der Waals surface area contributed by atoms with Crippen LogP contribution in [0.2, 0.25) is 5.28 Å². The Balaban J connectivity index is 3.43. The molecule has 0 N–H and O–H groups in total. The van der Waals surface area contributed by atoms with Crippen molar-refractivity contribution in [3.8, 4) is 0 Å². The van der Waals surface area contributed by atoms with Crippen LogP contribution in [-0.4, -0.2) is 14.3 Å². The van der Waals surface area contributed by atoms with Gasteiger partial charge in [-0.1, -0.05) is 0 Å². The Hall–Kier alpha value is -0.770. The lowest BCUT2D eigenvalue weighted by Crippen LogP contribution is -2.34. The Kier molecular flexibility index (Phi) is 2.04. The summed E-state index contributed by atoms with van der Waals surface area (Å²) in [6.45, 7) is 5.71. The van der Waals surface area contributed by atoms with Crippen LogP contribution in [0.25, 0.3) is 0 Å². The largest absolute Gasteiger partial charge is 0.347 e. The second-order valence-corrected chi connectivity index (χ2v) is 4.02. The van der Waals surface area contributed by atoms with E-state index < -0.39 is 0 Å². The third kappa shape index (κ3) is 1.39. The monoisotopic (exact) mass is 189 g/mol. The van der Waals surface area contributed by atoms with Crippen LogP contribution in [0.3, 0.4) is 0 Å². The topological polar surface area (TPSA) is 39.8 Å². The van der Waals surface area contributed by atoms with Gasteiger partial charge in [0.15, 0.2) is 0 Å². The molecule has 0 atom stereocenters. The minimum atomic E-state index is -0.317. The summed E-state index contributed by atoms with van der Waals surface area (Å²) >= 11 is 5.77. The van der Waals surface area contributed by atoms with Crippen molar-refractivity contribution >= 4 is 11.6 Å². The lowest BCUT2D eigenvalue weighted by atomic mass is 10.1. The van der Waals surface area contributed by atoms with Crippen LogP contribution < -0.4 is 5.69 Å². The molecule has 0 bridgehead atoms. The average Bonchev–Trinajstić information content (AvgIpc) is 2.05. The quantitative estimate of drug-likeness (QED) is 0.611. The first-order valence-corrected chi connectivity index (χ1v) is 4.04. The average molecular weight is 190 g/mol. The van der Waals surface area contributed by atoms with Crippen molar-refractivity contribution in [1.29, 1.82) is 0 Å². The summed E-state index contributed by atoms with van der Waals surface area (Å²) in [5.74, 6) is 0. The highest BCUT2D eigenvalue weighted by atomic mass is 35.5. The van der Waals surface area contributed by atoms with Crippen LogP contribution in [0.4, 0.5) is 0 Å². The van der Waals surface area contributed by atoms with Gasteiger partial charge in [-0.15, -0.1) is 5.10 Å². The summed E-state index contributed by atoms with van der Waals surface area (Å²) in [6, 6.07) is 0. The highest BCUT2D eigenvalue weighted by Gasteiger charge is 2.21. The van der Waals surface area contributed by atoms with E-state index in [1.165, 1.54) is 9.25 Å². The fourth-order valence-corrected chi connectivity index (χ4v) is 1.44. The number of hydrogen-bond acceptors (Lipinski definition) is 2. The molecular formula is C7H12ClN3O. The first kappa shape index (κ1) is 9.32. The van der Waals surface area contributed by atoms with E-state index in [4.69, 9.17) is 11.6 Å². The summed E-state index contributed by atoms with van der Waals surface area (Å²) in [7, 11) is 1.58. The molecule has 1 heterocycles. The van der Waals surface area contributed by atoms with E-state index in [0.29, 0.717) is 0 Å². The van der Waals surface area contributed by atoms with Gasteiger partial charge >= 0.3 is 5.69 Å². The van der Waals surface area contributed by atoms with Gasteiger partial charge in [0.1, 0.15) is 0 Å². The lowest BCUT2D eigenvalue weighted by molar-refractivity contribution is 0.382. The highest BCUT2D eigenvalue weighted by Crippen LogP contribution is 2.15. The van der Waals surface area contributed by atoms with Gasteiger partial charge in [-0.2, -0.15) is 0 Å². The molecule has 0 aliphatic rings. The van der Waals surface area contributed by atoms with Gasteiger partial charge in [0, 0.05) is 12.6 Å². The fraction of sp³-hybridized carbons (Fsp3) is 0.714. The zero-order chi connectivity index (χ0) is 9.52. The van der Waals surface area contributed by atoms with Gasteiger partial charge in [0.2, 0.25) is 5.28 Å². The number of nitrogens with zero attached hydrogens (tertiary/aromatic N) is 3. The highest BCUT2D eigenvalue weighted by molar-refractivity contribution is 6.28. The molecule has 5 heteroatoms. The predicted molar refractivity (Wildman–Crippen MR) is 47.5 cm³/mol. The Labute approximate surface area is 75.8 Å². The first-order chi connectivity index (χ1) is 5.34. The molecule has 0 aromatic carbocycles. The van der Waals surface area contributed by atoms with E-state index in [2.05, 4.69) is 5.10 Å². The van der Waals surface area contributed by atoms with Gasteiger partial charge in [-0.05, 0) is 32.4 Å². The molecule has 0 saturated heterocycles. The van der Waals surface area contributed by atoms with Gasteiger partial charge in [0.25, 0.3) is 0 Å². The molecule has 12 heavy (non-hydrogen) atoms. The molecule has 0 fully saturated rings. The van der Waals surface area contributed by atoms with E-state index in [0.717, 1.165) is 0 Å². The smallest absolute Gasteiger partial charge is 0.260 e. The molecule has 0 unspecified atom stereocenters. The predicted octanol–water partition coefficient (Wildman–Crippen LogP) is 0.990. The summed E-state index contributed by atoms with van der Waals surface area (Å²) in [6.07, 6.45) is 0. The van der Waals surface area contributed by atoms with Crippen molar-refractivity contribution in [2.45, 2.75) is 26.3 Å². The minimum Gasteiger partial charge on any atom is -0.260 e. The van der Waals surface area contributed by atoms with E-state index in [9.17, 15) is 4.79 Å². The third-order valence-corrected chi connectivity index (χ3v) is 1.80. The van der Waals surface area contributed by atoms with Gasteiger partial charge in [0.05, 0.1) is 0 Å². The minimum absolute atomic E-state index is 0.187. The maximum absolute atomic E-state index is 11.4. The molecule has 1 rings (SSSR count). The van der Waals surface area contributed by atoms with Crippen molar-refractivity contribution in [1.82, 2.24) is 14.3 Å². The van der Waals surface area contributed by atoms with E-state index in [1.807, 2.05) is 20.8 Å². The molecule has 0 aliphatic heterocycles. The van der Waals surface area contributed by atoms with Crippen molar-refractivity contribution < 1.29 is 0 Å². The maximum Gasteiger partial charge on any atom is 0.347 e. The normalized spacial score (nSPS) is 12.1. The third-order valence-electron chi connectivity index (χ3n) is 1.56. The molecule has 1 aromatic heterocycles. The standard InChI is InChI=1S/C7H12ClN3O/c1-7(2,3)11-5(8)9-10(4)6(11)12/h1-4H3. The summed E-state index contributed by atoms with van der Waals surface area (Å²) in [5.41, 5.74) is -0.505. The second-order valence-electron chi connectivity index (χ2n) is 3.68. The molecule has 68 valence electrons. The van der Waals surface area contributed by atoms with Crippen LogP contribution in [0, 0.1) is 0 Å². The number of aromatic nitrogens is 3. The van der Waals surface area contributed by atoms with E-state index in [1.54, 1.807) is 7.05 Å². The van der Waals surface area contributed by atoms with Gasteiger partial charge < -0.3 is 0 Å². The zero-order valence-electron chi connectivity index (χ0n) is 7.63. The Morgan fingerprint density at radius 3 is 2.08 bits per heavy atom. The first-order valence-electron chi connectivity index (χ1n) is 3.66. The molecule has 4 nitrogen and oxygen atoms in total. The van der Waals surface area contributed by atoms with Crippen LogP contribution in [0.1, 0.15) is 20.8 Å². The van der Waals surface area contributed by atoms with E-state index in [-0.39, 0.29) is 16.5 Å². The summed E-state index contributed by atoms with van der Waals surface area (Å²) in [5, 5.41) is 4.04. The van der Waals surface area contributed by atoms with Crippen LogP contribution in [0.15, 0.2) is 4.79 Å². The number of hydrogen-bond donors (Lipinski definition) is 0. The van der Waals surface area contributed by atoms with Gasteiger partial charge in [-0.25, -0.2) is 9.48 Å². The Bertz CT molecular complexity index is 345. The van der Waals surface area contributed by atoms with Crippen molar-refractivity contribution in [3.63, 3.8) is 0 Å². The van der Waals surface area contributed by atoms with Crippen LogP contribution in [-0.2, 0) is 12.6 Å². The maximum atomic E-state index is 11.4. The number of halogens is 1. The molecule has 0 radical (unpaired) electrons. The van der Waals surface area contributed by atoms with Crippen molar-refractivity contribution in [2.75, 3.05) is 0 Å². The second kappa shape index (κ2) is 2.62. The molecule has 0 amide bonds. The van der Waals surface area contributed by atoms with Crippen molar-refractivity contribution in [2.24, 2.45) is 7.05 Å². The number of rotatable bonds is 0.